The van der Waals surface area contributed by atoms with Crippen LogP contribution >= 0.6 is 0 Å². The summed E-state index contributed by atoms with van der Waals surface area (Å²) in [6, 6.07) is 5.53. The molecule has 0 amide bonds. The molecule has 0 aliphatic carbocycles. The van der Waals surface area contributed by atoms with E-state index in [9.17, 15) is 5.11 Å². The minimum absolute atomic E-state index is 0.537. The van der Waals surface area contributed by atoms with Crippen molar-refractivity contribution in [3.05, 3.63) is 55.4 Å². The normalized spacial score (nSPS) is 12.4. The molecule has 0 saturated heterocycles. The molecule has 0 aromatic carbocycles. The summed E-state index contributed by atoms with van der Waals surface area (Å²) in [6.45, 7) is 9.38. The van der Waals surface area contributed by atoms with Crippen LogP contribution in [0.15, 0.2) is 49.7 Å². The topological polar surface area (TPSA) is 36.4 Å². The van der Waals surface area contributed by atoms with E-state index in [2.05, 4.69) is 23.0 Å². The van der Waals surface area contributed by atoms with Gasteiger partial charge in [0, 0.05) is 25.8 Å². The van der Waals surface area contributed by atoms with Crippen LogP contribution in [0, 0.1) is 0 Å². The molecule has 3 nitrogen and oxygen atoms in total. The Labute approximate surface area is 96.7 Å². The summed E-state index contributed by atoms with van der Waals surface area (Å²) < 4.78 is 0. The van der Waals surface area contributed by atoms with Crippen molar-refractivity contribution in [3.8, 4) is 0 Å². The van der Waals surface area contributed by atoms with E-state index in [0.717, 1.165) is 13.1 Å². The van der Waals surface area contributed by atoms with Crippen LogP contribution in [0.1, 0.15) is 11.8 Å². The van der Waals surface area contributed by atoms with Crippen molar-refractivity contribution >= 4 is 0 Å². The van der Waals surface area contributed by atoms with Gasteiger partial charge in [-0.3, -0.25) is 9.88 Å². The van der Waals surface area contributed by atoms with E-state index < -0.39 is 6.10 Å². The molecule has 0 aliphatic heterocycles. The van der Waals surface area contributed by atoms with Gasteiger partial charge in [-0.1, -0.05) is 18.2 Å². The highest BCUT2D eigenvalue weighted by molar-refractivity contribution is 5.07. The van der Waals surface area contributed by atoms with E-state index in [-0.39, 0.29) is 0 Å². The Hall–Kier alpha value is -1.45. The lowest BCUT2D eigenvalue weighted by molar-refractivity contribution is 0.122. The zero-order valence-electron chi connectivity index (χ0n) is 9.42. The molecule has 0 bridgehead atoms. The minimum atomic E-state index is -0.568. The Morgan fingerprint density at radius 1 is 1.31 bits per heavy atom. The molecule has 0 radical (unpaired) electrons. The van der Waals surface area contributed by atoms with Gasteiger partial charge in [-0.15, -0.1) is 13.2 Å². The summed E-state index contributed by atoms with van der Waals surface area (Å²) in [5, 5.41) is 9.97. The zero-order chi connectivity index (χ0) is 11.8. The SMILES string of the molecule is C=CCN(CC=C)CC(O)c1ccccn1. The quantitative estimate of drug-likeness (QED) is 0.709. The fraction of sp³-hybridized carbons (Fsp3) is 0.308. The molecule has 0 aliphatic rings. The summed E-state index contributed by atoms with van der Waals surface area (Å²) in [6.07, 6.45) is 4.74. The predicted molar refractivity (Wildman–Crippen MR) is 66.0 cm³/mol. The molecule has 1 heterocycles. The third-order valence-corrected chi connectivity index (χ3v) is 2.23. The standard InChI is InChI=1S/C13H18N2O/c1-3-9-15(10-4-2)11-13(16)12-7-5-6-8-14-12/h3-8,13,16H,1-2,9-11H2. The highest BCUT2D eigenvalue weighted by atomic mass is 16.3. The highest BCUT2D eigenvalue weighted by Crippen LogP contribution is 2.10. The molecule has 1 aromatic heterocycles. The summed E-state index contributed by atoms with van der Waals surface area (Å²) >= 11 is 0. The molecular weight excluding hydrogens is 200 g/mol. The van der Waals surface area contributed by atoms with Crippen molar-refractivity contribution < 1.29 is 5.11 Å². The van der Waals surface area contributed by atoms with Crippen LogP contribution in [-0.2, 0) is 0 Å². The number of aliphatic hydroxyl groups excluding tert-OH is 1. The molecule has 16 heavy (non-hydrogen) atoms. The minimum Gasteiger partial charge on any atom is -0.385 e. The van der Waals surface area contributed by atoms with Crippen molar-refractivity contribution in [3.63, 3.8) is 0 Å². The maximum absolute atomic E-state index is 9.97. The number of hydrogen-bond acceptors (Lipinski definition) is 3. The first-order chi connectivity index (χ1) is 7.77. The lowest BCUT2D eigenvalue weighted by Gasteiger charge is -2.21. The van der Waals surface area contributed by atoms with E-state index in [1.165, 1.54) is 0 Å². The summed E-state index contributed by atoms with van der Waals surface area (Å²) in [5.74, 6) is 0. The smallest absolute Gasteiger partial charge is 0.109 e. The van der Waals surface area contributed by atoms with E-state index in [0.29, 0.717) is 12.2 Å². The van der Waals surface area contributed by atoms with Crippen molar-refractivity contribution in [2.45, 2.75) is 6.10 Å². The average Bonchev–Trinajstić information content (AvgIpc) is 2.31. The van der Waals surface area contributed by atoms with Gasteiger partial charge in [0.15, 0.2) is 0 Å². The van der Waals surface area contributed by atoms with Crippen LogP contribution in [-0.4, -0.2) is 34.6 Å². The van der Waals surface area contributed by atoms with Crippen molar-refractivity contribution in [2.24, 2.45) is 0 Å². The molecule has 1 unspecified atom stereocenters. The van der Waals surface area contributed by atoms with Gasteiger partial charge in [0.2, 0.25) is 0 Å². The Balaban J connectivity index is 2.57. The number of nitrogens with zero attached hydrogens (tertiary/aromatic N) is 2. The van der Waals surface area contributed by atoms with E-state index in [1.807, 2.05) is 30.4 Å². The predicted octanol–water partition coefficient (Wildman–Crippen LogP) is 1.79. The highest BCUT2D eigenvalue weighted by Gasteiger charge is 2.12. The van der Waals surface area contributed by atoms with Gasteiger partial charge < -0.3 is 5.11 Å². The first-order valence-electron chi connectivity index (χ1n) is 5.31. The summed E-state index contributed by atoms with van der Waals surface area (Å²) in [4.78, 5) is 6.18. The summed E-state index contributed by atoms with van der Waals surface area (Å²) in [5.41, 5.74) is 0.695. The molecule has 0 fully saturated rings. The first-order valence-corrected chi connectivity index (χ1v) is 5.31. The van der Waals surface area contributed by atoms with Crippen molar-refractivity contribution in [2.75, 3.05) is 19.6 Å². The molecule has 1 N–H and O–H groups in total. The zero-order valence-corrected chi connectivity index (χ0v) is 9.42. The van der Waals surface area contributed by atoms with Crippen LogP contribution < -0.4 is 0 Å². The number of rotatable bonds is 7. The fourth-order valence-corrected chi connectivity index (χ4v) is 1.50. The largest absolute Gasteiger partial charge is 0.385 e. The van der Waals surface area contributed by atoms with Gasteiger partial charge in [-0.05, 0) is 12.1 Å². The molecule has 86 valence electrons. The maximum atomic E-state index is 9.97. The number of aromatic nitrogens is 1. The van der Waals surface area contributed by atoms with Gasteiger partial charge >= 0.3 is 0 Å². The van der Waals surface area contributed by atoms with Gasteiger partial charge in [0.05, 0.1) is 5.69 Å². The monoisotopic (exact) mass is 218 g/mol. The molecule has 1 atom stereocenters. The van der Waals surface area contributed by atoms with Gasteiger partial charge in [-0.2, -0.15) is 0 Å². The van der Waals surface area contributed by atoms with Crippen LogP contribution in [0.25, 0.3) is 0 Å². The third kappa shape index (κ3) is 3.96. The Kier molecular flexibility index (Phi) is 5.46. The molecule has 1 rings (SSSR count). The third-order valence-electron chi connectivity index (χ3n) is 2.23. The van der Waals surface area contributed by atoms with Crippen molar-refractivity contribution in [1.29, 1.82) is 0 Å². The van der Waals surface area contributed by atoms with Gasteiger partial charge in [0.1, 0.15) is 6.10 Å². The lowest BCUT2D eigenvalue weighted by Crippen LogP contribution is -2.29. The van der Waals surface area contributed by atoms with E-state index >= 15 is 0 Å². The molecule has 3 heteroatoms. The second-order valence-electron chi connectivity index (χ2n) is 3.57. The number of pyridine rings is 1. The van der Waals surface area contributed by atoms with E-state index in [1.54, 1.807) is 6.20 Å². The average molecular weight is 218 g/mol. The van der Waals surface area contributed by atoms with Crippen LogP contribution in [0.5, 0.6) is 0 Å². The lowest BCUT2D eigenvalue weighted by atomic mass is 10.2. The Bertz CT molecular complexity index is 314. The Morgan fingerprint density at radius 3 is 2.50 bits per heavy atom. The van der Waals surface area contributed by atoms with Crippen molar-refractivity contribution in [1.82, 2.24) is 9.88 Å². The maximum Gasteiger partial charge on any atom is 0.109 e. The van der Waals surface area contributed by atoms with Crippen LogP contribution in [0.3, 0.4) is 0 Å². The Morgan fingerprint density at radius 2 is 2.00 bits per heavy atom. The van der Waals surface area contributed by atoms with Gasteiger partial charge in [-0.25, -0.2) is 0 Å². The number of hydrogen-bond donors (Lipinski definition) is 1. The molecule has 0 saturated carbocycles. The van der Waals surface area contributed by atoms with Gasteiger partial charge in [0.25, 0.3) is 0 Å². The van der Waals surface area contributed by atoms with Crippen LogP contribution in [0.2, 0.25) is 0 Å². The molecule has 0 spiro atoms. The summed E-state index contributed by atoms with van der Waals surface area (Å²) in [7, 11) is 0. The molecule has 1 aromatic rings. The van der Waals surface area contributed by atoms with Crippen LogP contribution in [0.4, 0.5) is 0 Å². The number of aliphatic hydroxyl groups is 1. The second kappa shape index (κ2) is 6.93. The fourth-order valence-electron chi connectivity index (χ4n) is 1.50. The second-order valence-corrected chi connectivity index (χ2v) is 3.57. The van der Waals surface area contributed by atoms with E-state index in [4.69, 9.17) is 0 Å². The first kappa shape index (κ1) is 12.6. The molecular formula is C13H18N2O.